The first-order chi connectivity index (χ1) is 8.59. The third kappa shape index (κ3) is 3.45. The molecule has 2 atom stereocenters. The number of hydrogen-bond acceptors (Lipinski definition) is 3. The minimum absolute atomic E-state index is 0.0197. The number of carbonyl (C=O) groups is 1. The average Bonchev–Trinajstić information content (AvgIpc) is 3.19. The predicted molar refractivity (Wildman–Crippen MR) is 73.5 cm³/mol. The van der Waals surface area contributed by atoms with Gasteiger partial charge in [-0.25, -0.2) is 0 Å². The van der Waals surface area contributed by atoms with E-state index in [2.05, 4.69) is 17.1 Å². The van der Waals surface area contributed by atoms with E-state index in [0.717, 1.165) is 19.1 Å². The smallest absolute Gasteiger partial charge is 0.239 e. The summed E-state index contributed by atoms with van der Waals surface area (Å²) in [4.78, 5) is 16.2. The lowest BCUT2D eigenvalue weighted by molar-refractivity contribution is -0.135. The summed E-state index contributed by atoms with van der Waals surface area (Å²) in [5.41, 5.74) is 0. The molecule has 2 rings (SSSR count). The van der Waals surface area contributed by atoms with E-state index >= 15 is 0 Å². The van der Waals surface area contributed by atoms with Crippen LogP contribution in [-0.2, 0) is 4.79 Å². The Bertz CT molecular complexity index is 289. The van der Waals surface area contributed by atoms with Gasteiger partial charge in [-0.2, -0.15) is 0 Å². The molecule has 0 radical (unpaired) electrons. The normalized spacial score (nSPS) is 26.9. The van der Waals surface area contributed by atoms with E-state index in [-0.39, 0.29) is 11.9 Å². The van der Waals surface area contributed by atoms with Gasteiger partial charge in [0.2, 0.25) is 5.91 Å². The van der Waals surface area contributed by atoms with Crippen LogP contribution in [0.25, 0.3) is 0 Å². The number of amides is 1. The molecule has 1 amide bonds. The third-order valence-electron chi connectivity index (χ3n) is 4.19. The van der Waals surface area contributed by atoms with Crippen LogP contribution in [0.4, 0.5) is 0 Å². The number of rotatable bonds is 5. The van der Waals surface area contributed by atoms with Gasteiger partial charge in [-0.3, -0.25) is 9.69 Å². The summed E-state index contributed by atoms with van der Waals surface area (Å²) in [7, 11) is 3.69. The lowest BCUT2D eigenvalue weighted by Crippen LogP contribution is -2.54. The topological polar surface area (TPSA) is 35.6 Å². The first-order valence-electron chi connectivity index (χ1n) is 7.30. The molecule has 0 aromatic heterocycles. The van der Waals surface area contributed by atoms with Crippen LogP contribution in [0.3, 0.4) is 0 Å². The quantitative estimate of drug-likeness (QED) is 0.796. The van der Waals surface area contributed by atoms with Gasteiger partial charge in [0, 0.05) is 32.7 Å². The van der Waals surface area contributed by atoms with E-state index in [0.29, 0.717) is 6.04 Å². The molecule has 18 heavy (non-hydrogen) atoms. The highest BCUT2D eigenvalue weighted by atomic mass is 16.2. The summed E-state index contributed by atoms with van der Waals surface area (Å²) in [6.45, 7) is 4.17. The Morgan fingerprint density at radius 1 is 1.33 bits per heavy atom. The van der Waals surface area contributed by atoms with Crippen LogP contribution in [-0.4, -0.2) is 61.0 Å². The second kappa shape index (κ2) is 6.02. The van der Waals surface area contributed by atoms with Crippen molar-refractivity contribution in [1.29, 1.82) is 0 Å². The molecule has 2 unspecified atom stereocenters. The maximum absolute atomic E-state index is 12.1. The van der Waals surface area contributed by atoms with Crippen LogP contribution in [0.5, 0.6) is 0 Å². The Hall–Kier alpha value is -0.610. The molecule has 1 N–H and O–H groups in total. The molecular formula is C14H27N3O. The minimum atomic E-state index is 0.0197. The van der Waals surface area contributed by atoms with Gasteiger partial charge in [-0.15, -0.1) is 0 Å². The molecule has 0 spiro atoms. The standard InChI is InChI=1S/C14H27N3O/c1-11(14(18)16(2)3)17-9-5-4-6-13(17)10-15-12-7-8-12/h11-13,15H,4-10H2,1-3H3. The Kier molecular flexibility index (Phi) is 4.62. The van der Waals surface area contributed by atoms with Crippen molar-refractivity contribution in [2.75, 3.05) is 27.2 Å². The van der Waals surface area contributed by atoms with Crippen molar-refractivity contribution in [1.82, 2.24) is 15.1 Å². The largest absolute Gasteiger partial charge is 0.347 e. The molecule has 0 bridgehead atoms. The number of likely N-dealkylation sites (N-methyl/N-ethyl adjacent to an activating group) is 1. The van der Waals surface area contributed by atoms with Gasteiger partial charge in [0.15, 0.2) is 0 Å². The second-order valence-electron chi connectivity index (χ2n) is 5.98. The highest BCUT2D eigenvalue weighted by molar-refractivity contribution is 5.81. The van der Waals surface area contributed by atoms with E-state index in [1.807, 2.05) is 14.1 Å². The molecule has 2 fully saturated rings. The molecule has 1 aliphatic heterocycles. The van der Waals surface area contributed by atoms with Gasteiger partial charge in [0.1, 0.15) is 0 Å². The molecule has 104 valence electrons. The first kappa shape index (κ1) is 13.8. The Labute approximate surface area is 111 Å². The van der Waals surface area contributed by atoms with Gasteiger partial charge in [-0.1, -0.05) is 6.42 Å². The van der Waals surface area contributed by atoms with Crippen molar-refractivity contribution in [3.8, 4) is 0 Å². The summed E-state index contributed by atoms with van der Waals surface area (Å²) in [6.07, 6.45) is 6.42. The minimum Gasteiger partial charge on any atom is -0.347 e. The average molecular weight is 253 g/mol. The van der Waals surface area contributed by atoms with Gasteiger partial charge >= 0.3 is 0 Å². The summed E-state index contributed by atoms with van der Waals surface area (Å²) < 4.78 is 0. The zero-order chi connectivity index (χ0) is 13.1. The molecule has 0 aromatic carbocycles. The molecule has 1 saturated carbocycles. The van der Waals surface area contributed by atoms with Crippen LogP contribution in [0.15, 0.2) is 0 Å². The monoisotopic (exact) mass is 253 g/mol. The SMILES string of the molecule is CC(C(=O)N(C)C)N1CCCCC1CNC1CC1. The molecule has 4 nitrogen and oxygen atoms in total. The van der Waals surface area contributed by atoms with Crippen LogP contribution < -0.4 is 5.32 Å². The van der Waals surface area contributed by atoms with Crippen molar-refractivity contribution in [2.45, 2.75) is 57.2 Å². The van der Waals surface area contributed by atoms with E-state index in [1.54, 1.807) is 4.90 Å². The van der Waals surface area contributed by atoms with Crippen molar-refractivity contribution < 1.29 is 4.79 Å². The molecule has 1 heterocycles. The Morgan fingerprint density at radius 2 is 2.06 bits per heavy atom. The van der Waals surface area contributed by atoms with Crippen molar-refractivity contribution >= 4 is 5.91 Å². The number of nitrogens with zero attached hydrogens (tertiary/aromatic N) is 2. The number of carbonyl (C=O) groups excluding carboxylic acids is 1. The molecule has 2 aliphatic rings. The fourth-order valence-electron chi connectivity index (χ4n) is 2.86. The maximum atomic E-state index is 12.1. The highest BCUT2D eigenvalue weighted by Gasteiger charge is 2.32. The second-order valence-corrected chi connectivity index (χ2v) is 5.98. The van der Waals surface area contributed by atoms with Gasteiger partial charge < -0.3 is 10.2 Å². The van der Waals surface area contributed by atoms with Crippen molar-refractivity contribution in [3.05, 3.63) is 0 Å². The summed E-state index contributed by atoms with van der Waals surface area (Å²) in [6, 6.07) is 1.32. The van der Waals surface area contributed by atoms with Crippen LogP contribution in [0.1, 0.15) is 39.0 Å². The fourth-order valence-corrected chi connectivity index (χ4v) is 2.86. The predicted octanol–water partition coefficient (Wildman–Crippen LogP) is 1.07. The number of hydrogen-bond donors (Lipinski definition) is 1. The summed E-state index contributed by atoms with van der Waals surface area (Å²) in [5.74, 6) is 0.230. The summed E-state index contributed by atoms with van der Waals surface area (Å²) in [5, 5.41) is 3.61. The molecule has 1 aliphatic carbocycles. The number of piperidine rings is 1. The van der Waals surface area contributed by atoms with Crippen molar-refractivity contribution in [2.24, 2.45) is 0 Å². The van der Waals surface area contributed by atoms with Crippen molar-refractivity contribution in [3.63, 3.8) is 0 Å². The van der Waals surface area contributed by atoms with E-state index in [1.165, 1.54) is 32.1 Å². The van der Waals surface area contributed by atoms with Gasteiger partial charge in [0.25, 0.3) is 0 Å². The zero-order valence-electron chi connectivity index (χ0n) is 12.0. The van der Waals surface area contributed by atoms with Crippen LogP contribution in [0.2, 0.25) is 0 Å². The lowest BCUT2D eigenvalue weighted by Gasteiger charge is -2.40. The van der Waals surface area contributed by atoms with Gasteiger partial charge in [-0.05, 0) is 39.2 Å². The van der Waals surface area contributed by atoms with Gasteiger partial charge in [0.05, 0.1) is 6.04 Å². The van der Waals surface area contributed by atoms with Crippen LogP contribution in [0, 0.1) is 0 Å². The lowest BCUT2D eigenvalue weighted by atomic mass is 9.99. The number of nitrogens with one attached hydrogen (secondary N) is 1. The highest BCUT2D eigenvalue weighted by Crippen LogP contribution is 2.23. The first-order valence-corrected chi connectivity index (χ1v) is 7.30. The number of likely N-dealkylation sites (tertiary alicyclic amines) is 1. The van der Waals surface area contributed by atoms with E-state index < -0.39 is 0 Å². The summed E-state index contributed by atoms with van der Waals surface area (Å²) >= 11 is 0. The third-order valence-corrected chi connectivity index (χ3v) is 4.19. The molecular weight excluding hydrogens is 226 g/mol. The molecule has 1 saturated heterocycles. The molecule has 4 heteroatoms. The van der Waals surface area contributed by atoms with Crippen LogP contribution >= 0.6 is 0 Å². The van der Waals surface area contributed by atoms with E-state index in [9.17, 15) is 4.79 Å². The Morgan fingerprint density at radius 3 is 2.67 bits per heavy atom. The fraction of sp³-hybridized carbons (Fsp3) is 0.929. The zero-order valence-corrected chi connectivity index (χ0v) is 12.0. The maximum Gasteiger partial charge on any atom is 0.239 e. The Balaban J connectivity index is 1.90. The molecule has 0 aromatic rings. The van der Waals surface area contributed by atoms with E-state index in [4.69, 9.17) is 0 Å².